The van der Waals surface area contributed by atoms with Crippen LogP contribution in [0.25, 0.3) is 0 Å². The van der Waals surface area contributed by atoms with Gasteiger partial charge in [-0.05, 0) is 25.7 Å². The molecule has 2 unspecified atom stereocenters. The third-order valence-electron chi connectivity index (χ3n) is 2.92. The lowest BCUT2D eigenvalue weighted by molar-refractivity contribution is -0.153. The van der Waals surface area contributed by atoms with Gasteiger partial charge in [0, 0.05) is 26.7 Å². The number of carbonyl (C=O) groups excluding carboxylic acids is 2. The van der Waals surface area contributed by atoms with Crippen molar-refractivity contribution < 1.29 is 19.1 Å². The molecule has 0 aliphatic carbocycles. The number of esters is 2. The first-order chi connectivity index (χ1) is 9.87. The topological polar surface area (TPSA) is 52.6 Å². The molecule has 126 valence electrons. The van der Waals surface area contributed by atoms with E-state index < -0.39 is 11.2 Å². The van der Waals surface area contributed by atoms with Gasteiger partial charge in [-0.3, -0.25) is 9.59 Å². The van der Waals surface area contributed by atoms with E-state index in [0.717, 1.165) is 0 Å². The van der Waals surface area contributed by atoms with Crippen molar-refractivity contribution in [2.75, 3.05) is 0 Å². The maximum atomic E-state index is 11.3. The Morgan fingerprint density at radius 1 is 0.818 bits per heavy atom. The molecule has 0 aromatic rings. The molecule has 0 saturated heterocycles. The quantitative estimate of drug-likeness (QED) is 0.554. The van der Waals surface area contributed by atoms with Crippen LogP contribution in [-0.2, 0) is 19.1 Å². The number of carbonyl (C=O) groups is 2. The average Bonchev–Trinajstić information content (AvgIpc) is 2.21. The minimum absolute atomic E-state index is 0.323. The van der Waals surface area contributed by atoms with E-state index in [4.69, 9.17) is 9.47 Å². The van der Waals surface area contributed by atoms with E-state index in [9.17, 15) is 9.59 Å². The molecule has 0 heterocycles. The summed E-state index contributed by atoms with van der Waals surface area (Å²) < 4.78 is 10.8. The lowest BCUT2D eigenvalue weighted by atomic mass is 9.90. The van der Waals surface area contributed by atoms with Crippen molar-refractivity contribution >= 4 is 11.9 Å². The lowest BCUT2D eigenvalue weighted by Gasteiger charge is -2.28. The molecule has 0 aromatic carbocycles. The van der Waals surface area contributed by atoms with Crippen LogP contribution in [0, 0.1) is 23.7 Å². The van der Waals surface area contributed by atoms with Crippen molar-refractivity contribution in [1.29, 1.82) is 0 Å². The molecule has 4 heteroatoms. The highest BCUT2D eigenvalue weighted by Gasteiger charge is 2.30. The van der Waals surface area contributed by atoms with E-state index in [1.165, 1.54) is 13.8 Å². The molecule has 22 heavy (non-hydrogen) atoms. The molecular formula is C18H30O4. The van der Waals surface area contributed by atoms with Gasteiger partial charge in [0.2, 0.25) is 0 Å². The van der Waals surface area contributed by atoms with E-state index in [1.54, 1.807) is 13.8 Å². The van der Waals surface area contributed by atoms with Crippen LogP contribution in [0.4, 0.5) is 0 Å². The summed E-state index contributed by atoms with van der Waals surface area (Å²) >= 11 is 0. The molecule has 0 saturated carbocycles. The minimum atomic E-state index is -0.877. The van der Waals surface area contributed by atoms with Crippen LogP contribution in [0.3, 0.4) is 0 Å². The van der Waals surface area contributed by atoms with Crippen LogP contribution in [0.1, 0.15) is 68.2 Å². The van der Waals surface area contributed by atoms with E-state index in [-0.39, 0.29) is 11.9 Å². The Morgan fingerprint density at radius 2 is 1.09 bits per heavy atom. The number of rotatable bonds is 6. The van der Waals surface area contributed by atoms with E-state index in [1.807, 2.05) is 27.7 Å². The van der Waals surface area contributed by atoms with Crippen molar-refractivity contribution in [2.24, 2.45) is 11.8 Å². The van der Waals surface area contributed by atoms with Crippen LogP contribution in [0.2, 0.25) is 0 Å². The third-order valence-corrected chi connectivity index (χ3v) is 2.92. The number of hydrogen-bond donors (Lipinski definition) is 0. The minimum Gasteiger partial charge on any atom is -0.446 e. The Balaban J connectivity index is 5.48. The SMILES string of the molecule is CC(=O)OC(C)(C#CC(C)(CC(C)C)OC(C)=O)CC(C)C. The van der Waals surface area contributed by atoms with E-state index >= 15 is 0 Å². The molecule has 0 aromatic heterocycles. The fourth-order valence-corrected chi connectivity index (χ4v) is 2.69. The largest absolute Gasteiger partial charge is 0.446 e. The average molecular weight is 310 g/mol. The predicted octanol–water partition coefficient (Wildman–Crippen LogP) is 3.73. The maximum absolute atomic E-state index is 11.3. The summed E-state index contributed by atoms with van der Waals surface area (Å²) in [6.45, 7) is 14.5. The van der Waals surface area contributed by atoms with Gasteiger partial charge in [0.15, 0.2) is 11.2 Å². The second-order valence-electron chi connectivity index (χ2n) is 7.09. The Bertz CT molecular complexity index is 415. The van der Waals surface area contributed by atoms with Gasteiger partial charge in [-0.1, -0.05) is 39.5 Å². The molecule has 0 aliphatic heterocycles. The Labute approximate surface area is 134 Å². The first kappa shape index (κ1) is 20.5. The number of hydrogen-bond acceptors (Lipinski definition) is 4. The van der Waals surface area contributed by atoms with Gasteiger partial charge in [0.25, 0.3) is 0 Å². The third kappa shape index (κ3) is 8.71. The van der Waals surface area contributed by atoms with Gasteiger partial charge >= 0.3 is 11.9 Å². The van der Waals surface area contributed by atoms with Crippen LogP contribution in [0.5, 0.6) is 0 Å². The molecule has 0 spiro atoms. The molecule has 0 radical (unpaired) electrons. The highest BCUT2D eigenvalue weighted by Crippen LogP contribution is 2.24. The summed E-state index contributed by atoms with van der Waals surface area (Å²) in [5, 5.41) is 0. The second-order valence-corrected chi connectivity index (χ2v) is 7.09. The molecule has 0 bridgehead atoms. The van der Waals surface area contributed by atoms with Crippen LogP contribution in [0.15, 0.2) is 0 Å². The van der Waals surface area contributed by atoms with Crippen molar-refractivity contribution in [1.82, 2.24) is 0 Å². The molecule has 0 rings (SSSR count). The summed E-state index contributed by atoms with van der Waals surface area (Å²) in [5.74, 6) is 5.99. The van der Waals surface area contributed by atoms with Crippen molar-refractivity contribution in [2.45, 2.75) is 79.4 Å². The predicted molar refractivity (Wildman–Crippen MR) is 87.0 cm³/mol. The normalized spacial score (nSPS) is 16.3. The molecular weight excluding hydrogens is 280 g/mol. The Morgan fingerprint density at radius 3 is 1.27 bits per heavy atom. The monoisotopic (exact) mass is 310 g/mol. The molecule has 0 N–H and O–H groups in total. The molecule has 0 aliphatic rings. The molecule has 4 nitrogen and oxygen atoms in total. The fourth-order valence-electron chi connectivity index (χ4n) is 2.69. The van der Waals surface area contributed by atoms with Gasteiger partial charge < -0.3 is 9.47 Å². The Kier molecular flexibility index (Phi) is 7.66. The standard InChI is InChI=1S/C18H30O4/c1-13(2)11-17(7,21-15(5)19)9-10-18(8,12-14(3)4)22-16(6)20/h13-14H,11-12H2,1-8H3. The van der Waals surface area contributed by atoms with Gasteiger partial charge in [0.1, 0.15) is 0 Å². The highest BCUT2D eigenvalue weighted by atomic mass is 16.6. The zero-order valence-electron chi connectivity index (χ0n) is 15.2. The summed E-state index contributed by atoms with van der Waals surface area (Å²) in [7, 11) is 0. The summed E-state index contributed by atoms with van der Waals surface area (Å²) in [6, 6.07) is 0. The number of ether oxygens (including phenoxy) is 2. The first-order valence-electron chi connectivity index (χ1n) is 7.81. The maximum Gasteiger partial charge on any atom is 0.304 e. The van der Waals surface area contributed by atoms with Crippen molar-refractivity contribution in [3.63, 3.8) is 0 Å². The summed E-state index contributed by atoms with van der Waals surface area (Å²) in [4.78, 5) is 22.7. The zero-order chi connectivity index (χ0) is 17.6. The first-order valence-corrected chi connectivity index (χ1v) is 7.81. The fraction of sp³-hybridized carbons (Fsp3) is 0.778. The smallest absolute Gasteiger partial charge is 0.304 e. The summed E-state index contributed by atoms with van der Waals surface area (Å²) in [6.07, 6.45) is 1.24. The van der Waals surface area contributed by atoms with E-state index in [0.29, 0.717) is 24.7 Å². The van der Waals surface area contributed by atoms with Crippen LogP contribution < -0.4 is 0 Å². The van der Waals surface area contributed by atoms with Gasteiger partial charge in [-0.2, -0.15) is 0 Å². The molecule has 0 fully saturated rings. The lowest BCUT2D eigenvalue weighted by Crippen LogP contribution is -2.34. The molecule has 0 amide bonds. The van der Waals surface area contributed by atoms with Gasteiger partial charge in [-0.25, -0.2) is 0 Å². The highest BCUT2D eigenvalue weighted by molar-refractivity contribution is 5.67. The van der Waals surface area contributed by atoms with Crippen molar-refractivity contribution in [3.05, 3.63) is 0 Å². The summed E-state index contributed by atoms with van der Waals surface area (Å²) in [5.41, 5.74) is -1.75. The second kappa shape index (κ2) is 8.22. The van der Waals surface area contributed by atoms with Crippen LogP contribution >= 0.6 is 0 Å². The van der Waals surface area contributed by atoms with Crippen LogP contribution in [-0.4, -0.2) is 23.1 Å². The zero-order valence-corrected chi connectivity index (χ0v) is 15.2. The van der Waals surface area contributed by atoms with Gasteiger partial charge in [-0.15, -0.1) is 0 Å². The van der Waals surface area contributed by atoms with Gasteiger partial charge in [0.05, 0.1) is 0 Å². The molecule has 2 atom stereocenters. The van der Waals surface area contributed by atoms with Crippen molar-refractivity contribution in [3.8, 4) is 11.8 Å². The van der Waals surface area contributed by atoms with E-state index in [2.05, 4.69) is 11.8 Å². The Hall–Kier alpha value is -1.50.